The van der Waals surface area contributed by atoms with Crippen LogP contribution in [0.25, 0.3) is 0 Å². The van der Waals surface area contributed by atoms with Crippen molar-refractivity contribution in [2.45, 2.75) is 26.9 Å². The molecule has 0 amide bonds. The summed E-state index contributed by atoms with van der Waals surface area (Å²) in [6.45, 7) is 6.36. The zero-order valence-electron chi connectivity index (χ0n) is 16.7. The molecule has 0 unspecified atom stereocenters. The monoisotopic (exact) mass is 388 g/mol. The van der Waals surface area contributed by atoms with Gasteiger partial charge in [-0.1, -0.05) is 12.1 Å². The van der Waals surface area contributed by atoms with Gasteiger partial charge in [-0.3, -0.25) is 0 Å². The average Bonchev–Trinajstić information content (AvgIpc) is 3.30. The standard InChI is InChI=1S/C8H6O4.2C6H11N2/c9-7(10)5-3-1-2-4-6(5)8(11)12;2*1-3-8-5-4-7(2)6-8/h1-4H,(H,9,10)(H,11,12);2*4-6H,3H2,1-2H3/q;2*+1. The van der Waals surface area contributed by atoms with Crippen LogP contribution < -0.4 is 9.13 Å². The van der Waals surface area contributed by atoms with Crippen molar-refractivity contribution in [2.24, 2.45) is 14.1 Å². The summed E-state index contributed by atoms with van der Waals surface area (Å²) in [4.78, 5) is 20.9. The van der Waals surface area contributed by atoms with Gasteiger partial charge in [-0.2, -0.15) is 0 Å². The third-order valence-electron chi connectivity index (χ3n) is 3.77. The van der Waals surface area contributed by atoms with Gasteiger partial charge >= 0.3 is 11.9 Å². The zero-order chi connectivity index (χ0) is 21.1. The summed E-state index contributed by atoms with van der Waals surface area (Å²) in [6, 6.07) is 5.48. The van der Waals surface area contributed by atoms with Crippen molar-refractivity contribution in [3.8, 4) is 0 Å². The molecule has 0 spiro atoms. The molecule has 2 heterocycles. The number of aromatic nitrogens is 4. The lowest BCUT2D eigenvalue weighted by Crippen LogP contribution is -2.23. The van der Waals surface area contributed by atoms with Crippen molar-refractivity contribution in [1.82, 2.24) is 9.13 Å². The van der Waals surface area contributed by atoms with Gasteiger partial charge in [-0.15, -0.1) is 0 Å². The smallest absolute Gasteiger partial charge is 0.336 e. The number of carbonyl (C=O) groups is 2. The number of aromatic carboxylic acids is 2. The van der Waals surface area contributed by atoms with Gasteiger partial charge < -0.3 is 10.2 Å². The van der Waals surface area contributed by atoms with Crippen LogP contribution in [0.15, 0.2) is 61.7 Å². The molecule has 0 saturated heterocycles. The Balaban J connectivity index is 0.000000217. The van der Waals surface area contributed by atoms with E-state index >= 15 is 0 Å². The van der Waals surface area contributed by atoms with Gasteiger partial charge in [0.15, 0.2) is 0 Å². The molecule has 8 heteroatoms. The van der Waals surface area contributed by atoms with Crippen LogP contribution in [0.4, 0.5) is 0 Å². The highest BCUT2D eigenvalue weighted by Gasteiger charge is 2.13. The minimum Gasteiger partial charge on any atom is -0.478 e. The van der Waals surface area contributed by atoms with Crippen LogP contribution in [-0.2, 0) is 27.2 Å². The molecule has 150 valence electrons. The lowest BCUT2D eigenvalue weighted by atomic mass is 10.1. The summed E-state index contributed by atoms with van der Waals surface area (Å²) in [6.07, 6.45) is 12.3. The van der Waals surface area contributed by atoms with E-state index < -0.39 is 11.9 Å². The quantitative estimate of drug-likeness (QED) is 0.666. The molecule has 0 bridgehead atoms. The second-order valence-electron chi connectivity index (χ2n) is 5.97. The number of hydrogen-bond donors (Lipinski definition) is 2. The molecule has 0 saturated carbocycles. The van der Waals surface area contributed by atoms with E-state index in [1.165, 1.54) is 24.3 Å². The van der Waals surface area contributed by atoms with Crippen molar-refractivity contribution in [2.75, 3.05) is 0 Å². The van der Waals surface area contributed by atoms with E-state index in [1.54, 1.807) is 0 Å². The molecular formula is C20H28N4O4+2. The molecule has 0 atom stereocenters. The highest BCUT2D eigenvalue weighted by Crippen LogP contribution is 2.07. The van der Waals surface area contributed by atoms with Crippen LogP contribution in [-0.4, -0.2) is 31.3 Å². The van der Waals surface area contributed by atoms with Gasteiger partial charge in [0.05, 0.1) is 38.3 Å². The van der Waals surface area contributed by atoms with E-state index in [0.29, 0.717) is 0 Å². The van der Waals surface area contributed by atoms with Gasteiger partial charge in [0.2, 0.25) is 12.7 Å². The van der Waals surface area contributed by atoms with Crippen LogP contribution >= 0.6 is 0 Å². The van der Waals surface area contributed by atoms with Crippen LogP contribution in [0.2, 0.25) is 0 Å². The van der Waals surface area contributed by atoms with Crippen molar-refractivity contribution in [3.05, 3.63) is 72.8 Å². The molecule has 0 aliphatic heterocycles. The van der Waals surface area contributed by atoms with E-state index in [2.05, 4.69) is 48.0 Å². The lowest BCUT2D eigenvalue weighted by Gasteiger charge is -1.98. The molecule has 0 fully saturated rings. The normalized spacial score (nSPS) is 9.57. The van der Waals surface area contributed by atoms with Crippen LogP contribution in [0.1, 0.15) is 34.6 Å². The number of rotatable bonds is 4. The number of nitrogens with zero attached hydrogens (tertiary/aromatic N) is 4. The SMILES string of the molecule is CCn1cc[n+](C)c1.CCn1cc[n+](C)c1.O=C(O)c1ccccc1C(=O)O. The molecule has 3 rings (SSSR count). The highest BCUT2D eigenvalue weighted by molar-refractivity contribution is 6.01. The molecule has 2 aromatic heterocycles. The lowest BCUT2D eigenvalue weighted by molar-refractivity contribution is -0.671. The maximum absolute atomic E-state index is 10.5. The predicted octanol–water partition coefficient (Wildman–Crippen LogP) is 1.75. The molecule has 1 aromatic carbocycles. The minimum atomic E-state index is -1.23. The Labute approximate surface area is 164 Å². The Bertz CT molecular complexity index is 826. The summed E-state index contributed by atoms with van der Waals surface area (Å²) in [7, 11) is 4.04. The Morgan fingerprint density at radius 2 is 1.18 bits per heavy atom. The molecule has 2 N–H and O–H groups in total. The topological polar surface area (TPSA) is 92.2 Å². The van der Waals surface area contributed by atoms with E-state index in [-0.39, 0.29) is 11.1 Å². The van der Waals surface area contributed by atoms with Gasteiger partial charge in [-0.25, -0.2) is 27.9 Å². The number of aryl methyl sites for hydroxylation is 4. The summed E-state index contributed by atoms with van der Waals surface area (Å²) >= 11 is 0. The first-order chi connectivity index (χ1) is 13.3. The van der Waals surface area contributed by atoms with Crippen molar-refractivity contribution in [3.63, 3.8) is 0 Å². The Kier molecular flexibility index (Phi) is 9.15. The first kappa shape index (κ1) is 22.6. The van der Waals surface area contributed by atoms with E-state index in [9.17, 15) is 9.59 Å². The molecule has 0 radical (unpaired) electrons. The van der Waals surface area contributed by atoms with Crippen molar-refractivity contribution < 1.29 is 28.9 Å². The molecular weight excluding hydrogens is 360 g/mol. The van der Waals surface area contributed by atoms with E-state index in [1.807, 2.05) is 35.6 Å². The number of carboxylic acids is 2. The minimum absolute atomic E-state index is 0.190. The third-order valence-corrected chi connectivity index (χ3v) is 3.77. The summed E-state index contributed by atoms with van der Waals surface area (Å²) < 4.78 is 8.31. The molecule has 28 heavy (non-hydrogen) atoms. The average molecular weight is 388 g/mol. The van der Waals surface area contributed by atoms with Crippen LogP contribution in [0, 0.1) is 0 Å². The van der Waals surface area contributed by atoms with E-state index in [4.69, 9.17) is 10.2 Å². The number of imidazole rings is 2. The summed E-state index contributed by atoms with van der Waals surface area (Å²) in [5.41, 5.74) is -0.380. The van der Waals surface area contributed by atoms with Gasteiger partial charge in [-0.05, 0) is 26.0 Å². The maximum Gasteiger partial charge on any atom is 0.336 e. The fraction of sp³-hybridized carbons (Fsp3) is 0.300. The molecule has 0 aliphatic carbocycles. The molecule has 8 nitrogen and oxygen atoms in total. The highest BCUT2D eigenvalue weighted by atomic mass is 16.4. The summed E-state index contributed by atoms with van der Waals surface area (Å²) in [5, 5.41) is 17.1. The molecule has 3 aromatic rings. The van der Waals surface area contributed by atoms with Gasteiger partial charge in [0.25, 0.3) is 0 Å². The second kappa shape index (κ2) is 11.3. The second-order valence-corrected chi connectivity index (χ2v) is 5.97. The van der Waals surface area contributed by atoms with Crippen LogP contribution in [0.3, 0.4) is 0 Å². The fourth-order valence-electron chi connectivity index (χ4n) is 2.23. The predicted molar refractivity (Wildman–Crippen MR) is 103 cm³/mol. The number of hydrogen-bond acceptors (Lipinski definition) is 2. The van der Waals surface area contributed by atoms with E-state index in [0.717, 1.165) is 13.1 Å². The number of benzene rings is 1. The summed E-state index contributed by atoms with van der Waals surface area (Å²) in [5.74, 6) is -2.46. The van der Waals surface area contributed by atoms with Crippen molar-refractivity contribution >= 4 is 11.9 Å². The van der Waals surface area contributed by atoms with Crippen LogP contribution in [0.5, 0.6) is 0 Å². The van der Waals surface area contributed by atoms with Gasteiger partial charge in [0, 0.05) is 0 Å². The Hall–Kier alpha value is -3.42. The largest absolute Gasteiger partial charge is 0.478 e. The maximum atomic E-state index is 10.5. The zero-order valence-corrected chi connectivity index (χ0v) is 16.7. The first-order valence-corrected chi connectivity index (χ1v) is 8.86. The molecule has 0 aliphatic rings. The first-order valence-electron chi connectivity index (χ1n) is 8.86. The van der Waals surface area contributed by atoms with Gasteiger partial charge in [0.1, 0.15) is 24.8 Å². The van der Waals surface area contributed by atoms with Crippen molar-refractivity contribution in [1.29, 1.82) is 0 Å². The third kappa shape index (κ3) is 7.45. The fourth-order valence-corrected chi connectivity index (χ4v) is 2.23. The Morgan fingerprint density at radius 3 is 1.36 bits per heavy atom. The number of carboxylic acid groups (broad SMARTS) is 2. The Morgan fingerprint density at radius 1 is 0.821 bits per heavy atom.